The molecule has 1 amide bonds. The van der Waals surface area contributed by atoms with Gasteiger partial charge in [-0.25, -0.2) is 4.79 Å². The third-order valence-corrected chi connectivity index (χ3v) is 3.48. The largest absolute Gasteiger partial charge is 0.478 e. The van der Waals surface area contributed by atoms with Crippen LogP contribution in [0.25, 0.3) is 0 Å². The summed E-state index contributed by atoms with van der Waals surface area (Å²) in [7, 11) is 0. The molecule has 0 bridgehead atoms. The van der Waals surface area contributed by atoms with Crippen LogP contribution in [0.2, 0.25) is 0 Å². The van der Waals surface area contributed by atoms with Crippen molar-refractivity contribution in [3.05, 3.63) is 29.8 Å². The Morgan fingerprint density at radius 3 is 2.52 bits per heavy atom. The molecular weight excluding hydrogens is 274 g/mol. The van der Waals surface area contributed by atoms with Crippen LogP contribution in [-0.4, -0.2) is 48.0 Å². The summed E-state index contributed by atoms with van der Waals surface area (Å²) in [4.78, 5) is 24.6. The molecule has 1 fully saturated rings. The summed E-state index contributed by atoms with van der Waals surface area (Å²) in [5, 5.41) is 18.0. The number of benzene rings is 1. The molecule has 0 saturated carbocycles. The summed E-state index contributed by atoms with van der Waals surface area (Å²) >= 11 is 0. The summed E-state index contributed by atoms with van der Waals surface area (Å²) in [5.41, 5.74) is 0.742. The van der Waals surface area contributed by atoms with Gasteiger partial charge in [-0.2, -0.15) is 0 Å². The lowest BCUT2D eigenvalue weighted by atomic mass is 10.1. The van der Waals surface area contributed by atoms with E-state index in [0.29, 0.717) is 12.3 Å². The second-order valence-electron chi connectivity index (χ2n) is 4.96. The van der Waals surface area contributed by atoms with E-state index >= 15 is 0 Å². The number of aromatic carboxylic acids is 1. The van der Waals surface area contributed by atoms with Gasteiger partial charge in [0, 0.05) is 18.8 Å². The molecule has 0 spiro atoms. The van der Waals surface area contributed by atoms with Gasteiger partial charge in [0.25, 0.3) is 0 Å². The van der Waals surface area contributed by atoms with Crippen molar-refractivity contribution in [3.63, 3.8) is 0 Å². The maximum absolute atomic E-state index is 12.3. The minimum Gasteiger partial charge on any atom is -0.478 e. The Bertz CT molecular complexity index is 493. The highest BCUT2D eigenvalue weighted by atomic mass is 16.5. The van der Waals surface area contributed by atoms with Gasteiger partial charge in [0.2, 0.25) is 5.91 Å². The van der Waals surface area contributed by atoms with Crippen molar-refractivity contribution >= 4 is 17.6 Å². The van der Waals surface area contributed by atoms with Crippen molar-refractivity contribution in [2.24, 2.45) is 0 Å². The average molecular weight is 293 g/mol. The van der Waals surface area contributed by atoms with E-state index in [1.165, 1.54) is 17.0 Å². The average Bonchev–Trinajstić information content (AvgIpc) is 2.97. The van der Waals surface area contributed by atoms with E-state index in [0.717, 1.165) is 12.8 Å². The van der Waals surface area contributed by atoms with E-state index < -0.39 is 5.97 Å². The zero-order valence-electron chi connectivity index (χ0n) is 11.7. The third kappa shape index (κ3) is 4.03. The van der Waals surface area contributed by atoms with Gasteiger partial charge < -0.3 is 19.8 Å². The Morgan fingerprint density at radius 1 is 1.29 bits per heavy atom. The van der Waals surface area contributed by atoms with Crippen LogP contribution < -0.4 is 4.90 Å². The first-order valence-corrected chi connectivity index (χ1v) is 6.98. The minimum atomic E-state index is -1.01. The first-order valence-electron chi connectivity index (χ1n) is 6.98. The van der Waals surface area contributed by atoms with Crippen molar-refractivity contribution in [3.8, 4) is 0 Å². The van der Waals surface area contributed by atoms with E-state index in [2.05, 4.69) is 0 Å². The second kappa shape index (κ2) is 7.19. The first kappa shape index (κ1) is 15.5. The van der Waals surface area contributed by atoms with Gasteiger partial charge in [-0.1, -0.05) is 0 Å². The fourth-order valence-corrected chi connectivity index (χ4v) is 2.39. The number of hydrogen-bond donors (Lipinski definition) is 2. The van der Waals surface area contributed by atoms with Crippen LogP contribution >= 0.6 is 0 Å². The number of anilines is 1. The molecule has 1 aromatic carbocycles. The lowest BCUT2D eigenvalue weighted by Gasteiger charge is -2.23. The number of ether oxygens (including phenoxy) is 1. The number of aliphatic hydroxyl groups excluding tert-OH is 1. The molecule has 1 aliphatic heterocycles. The lowest BCUT2D eigenvalue weighted by Crippen LogP contribution is -2.35. The van der Waals surface area contributed by atoms with Crippen LogP contribution in [0.4, 0.5) is 5.69 Å². The van der Waals surface area contributed by atoms with Crippen molar-refractivity contribution in [2.75, 3.05) is 24.7 Å². The number of carbonyl (C=O) groups is 2. The highest BCUT2D eigenvalue weighted by molar-refractivity contribution is 5.94. The molecule has 6 nitrogen and oxygen atoms in total. The normalized spacial score (nSPS) is 17.7. The predicted molar refractivity (Wildman–Crippen MR) is 76.4 cm³/mol. The van der Waals surface area contributed by atoms with Gasteiger partial charge in [0.05, 0.1) is 24.7 Å². The molecular formula is C15H19NO5. The molecule has 6 heteroatoms. The number of carbonyl (C=O) groups excluding carboxylic acids is 1. The summed E-state index contributed by atoms with van der Waals surface area (Å²) in [5.74, 6) is -1.14. The highest BCUT2D eigenvalue weighted by Gasteiger charge is 2.23. The molecule has 0 radical (unpaired) electrons. The van der Waals surface area contributed by atoms with Gasteiger partial charge in [-0.05, 0) is 37.1 Å². The van der Waals surface area contributed by atoms with Gasteiger partial charge >= 0.3 is 5.97 Å². The third-order valence-electron chi connectivity index (χ3n) is 3.48. The Morgan fingerprint density at radius 2 is 2.00 bits per heavy atom. The second-order valence-corrected chi connectivity index (χ2v) is 4.96. The van der Waals surface area contributed by atoms with Crippen LogP contribution in [0.15, 0.2) is 24.3 Å². The fourth-order valence-electron chi connectivity index (χ4n) is 2.39. The fraction of sp³-hybridized carbons (Fsp3) is 0.467. The molecule has 114 valence electrons. The zero-order valence-corrected chi connectivity index (χ0v) is 11.7. The smallest absolute Gasteiger partial charge is 0.335 e. The Kier molecular flexibility index (Phi) is 5.30. The number of amides is 1. The summed E-state index contributed by atoms with van der Waals surface area (Å²) in [6.07, 6.45) is 2.06. The quantitative estimate of drug-likeness (QED) is 0.825. The first-order chi connectivity index (χ1) is 10.1. The van der Waals surface area contributed by atoms with Crippen LogP contribution in [-0.2, 0) is 9.53 Å². The molecule has 1 heterocycles. The van der Waals surface area contributed by atoms with Crippen molar-refractivity contribution in [1.29, 1.82) is 0 Å². The number of hydrogen-bond acceptors (Lipinski definition) is 4. The van der Waals surface area contributed by atoms with Crippen LogP contribution in [0.5, 0.6) is 0 Å². The number of aliphatic hydroxyl groups is 1. The summed E-state index contributed by atoms with van der Waals surface area (Å²) in [6, 6.07) is 6.04. The van der Waals surface area contributed by atoms with Crippen LogP contribution in [0.1, 0.15) is 29.6 Å². The Balaban J connectivity index is 2.09. The van der Waals surface area contributed by atoms with Crippen molar-refractivity contribution in [2.45, 2.75) is 25.4 Å². The van der Waals surface area contributed by atoms with Gasteiger partial charge in [-0.3, -0.25) is 4.79 Å². The van der Waals surface area contributed by atoms with Gasteiger partial charge in [0.15, 0.2) is 0 Å². The molecule has 0 aromatic heterocycles. The lowest BCUT2D eigenvalue weighted by molar-refractivity contribution is -0.120. The monoisotopic (exact) mass is 293 g/mol. The molecule has 2 rings (SSSR count). The molecule has 1 unspecified atom stereocenters. The summed E-state index contributed by atoms with van der Waals surface area (Å²) in [6.45, 7) is 0.709. The Labute approximate surface area is 122 Å². The van der Waals surface area contributed by atoms with Gasteiger partial charge in [-0.15, -0.1) is 0 Å². The molecule has 0 aliphatic carbocycles. The molecule has 21 heavy (non-hydrogen) atoms. The SMILES string of the molecule is O=C(O)c1ccc(N(CCO)C(=O)CC2CCCO2)cc1. The molecule has 1 atom stereocenters. The van der Waals surface area contributed by atoms with E-state index in [-0.39, 0.29) is 37.1 Å². The van der Waals surface area contributed by atoms with E-state index in [1.54, 1.807) is 12.1 Å². The van der Waals surface area contributed by atoms with Gasteiger partial charge in [0.1, 0.15) is 0 Å². The van der Waals surface area contributed by atoms with Crippen LogP contribution in [0, 0.1) is 0 Å². The highest BCUT2D eigenvalue weighted by Crippen LogP contribution is 2.20. The minimum absolute atomic E-state index is 0.0583. The topological polar surface area (TPSA) is 87.1 Å². The number of nitrogens with zero attached hydrogens (tertiary/aromatic N) is 1. The number of carboxylic acid groups (broad SMARTS) is 1. The van der Waals surface area contributed by atoms with E-state index in [9.17, 15) is 9.59 Å². The summed E-state index contributed by atoms with van der Waals surface area (Å²) < 4.78 is 5.45. The molecule has 1 saturated heterocycles. The maximum atomic E-state index is 12.3. The number of carboxylic acids is 1. The number of rotatable bonds is 6. The van der Waals surface area contributed by atoms with Crippen molar-refractivity contribution in [1.82, 2.24) is 0 Å². The predicted octanol–water partition coefficient (Wildman–Crippen LogP) is 1.28. The maximum Gasteiger partial charge on any atom is 0.335 e. The van der Waals surface area contributed by atoms with E-state index in [1.807, 2.05) is 0 Å². The van der Waals surface area contributed by atoms with Crippen LogP contribution in [0.3, 0.4) is 0 Å². The molecule has 2 N–H and O–H groups in total. The molecule has 1 aromatic rings. The Hall–Kier alpha value is -1.92. The standard InChI is InChI=1S/C15H19NO5/c17-8-7-16(14(18)10-13-2-1-9-21-13)12-5-3-11(4-6-12)15(19)20/h3-6,13,17H,1-2,7-10H2,(H,19,20). The molecule has 1 aliphatic rings. The van der Waals surface area contributed by atoms with E-state index in [4.69, 9.17) is 14.9 Å². The van der Waals surface area contributed by atoms with Crippen molar-refractivity contribution < 1.29 is 24.5 Å². The zero-order chi connectivity index (χ0) is 15.2.